The van der Waals surface area contributed by atoms with Gasteiger partial charge in [-0.3, -0.25) is 9.59 Å². The van der Waals surface area contributed by atoms with Crippen molar-refractivity contribution in [1.82, 2.24) is 0 Å². The minimum Gasteiger partial charge on any atom is -0.373 e. The Balaban J connectivity index is 1.82. The summed E-state index contributed by atoms with van der Waals surface area (Å²) in [6.07, 6.45) is 1.04. The van der Waals surface area contributed by atoms with E-state index in [4.69, 9.17) is 0 Å². The van der Waals surface area contributed by atoms with Crippen molar-refractivity contribution in [3.8, 4) is 0 Å². The third-order valence-corrected chi connectivity index (χ3v) is 4.49. The van der Waals surface area contributed by atoms with E-state index in [-0.39, 0.29) is 18.2 Å². The van der Waals surface area contributed by atoms with Gasteiger partial charge in [0.25, 0.3) is 5.91 Å². The van der Waals surface area contributed by atoms with E-state index in [9.17, 15) is 9.59 Å². The molecule has 0 aliphatic carbocycles. The van der Waals surface area contributed by atoms with Gasteiger partial charge in [-0.2, -0.15) is 0 Å². The second kappa shape index (κ2) is 6.54. The highest BCUT2D eigenvalue weighted by atomic mass is 79.9. The van der Waals surface area contributed by atoms with Crippen molar-refractivity contribution in [3.63, 3.8) is 0 Å². The van der Waals surface area contributed by atoms with Gasteiger partial charge in [0.15, 0.2) is 0 Å². The smallest absolute Gasteiger partial charge is 0.256 e. The Hall–Kier alpha value is -2.14. The van der Waals surface area contributed by atoms with Crippen molar-refractivity contribution in [2.45, 2.75) is 25.8 Å². The summed E-state index contributed by atoms with van der Waals surface area (Å²) in [5, 5.41) is 3.23. The largest absolute Gasteiger partial charge is 0.373 e. The molecule has 1 N–H and O–H groups in total. The third kappa shape index (κ3) is 3.15. The van der Waals surface area contributed by atoms with E-state index in [2.05, 4.69) is 28.2 Å². The molecule has 0 spiro atoms. The molecule has 5 heteroatoms. The minimum absolute atomic E-state index is 0.174. The lowest BCUT2D eigenvalue weighted by molar-refractivity contribution is -0.121. The first-order valence-corrected chi connectivity index (χ1v) is 8.36. The van der Waals surface area contributed by atoms with Crippen LogP contribution in [0.15, 0.2) is 53.0 Å². The highest BCUT2D eigenvalue weighted by molar-refractivity contribution is 9.10. The highest BCUT2D eigenvalue weighted by Gasteiger charge is 2.39. The third-order valence-electron chi connectivity index (χ3n) is 3.96. The molecule has 3 rings (SSSR count). The molecule has 118 valence electrons. The van der Waals surface area contributed by atoms with Crippen molar-refractivity contribution >= 4 is 39.1 Å². The van der Waals surface area contributed by atoms with Crippen LogP contribution in [0.3, 0.4) is 0 Å². The molecule has 2 aromatic carbocycles. The number of anilines is 2. The lowest BCUT2D eigenvalue weighted by Gasteiger charge is -2.17. The molecule has 0 aromatic heterocycles. The number of hydrogen-bond acceptors (Lipinski definition) is 3. The number of carbonyl (C=O) groups excluding carboxylic acids is 2. The normalized spacial score (nSPS) is 17.7. The molecule has 23 heavy (non-hydrogen) atoms. The van der Waals surface area contributed by atoms with Crippen molar-refractivity contribution in [3.05, 3.63) is 58.6 Å². The Morgan fingerprint density at radius 2 is 1.83 bits per heavy atom. The molecule has 1 aliphatic heterocycles. The first kappa shape index (κ1) is 15.7. The van der Waals surface area contributed by atoms with Crippen LogP contribution in [0.25, 0.3) is 0 Å². The van der Waals surface area contributed by atoms with E-state index in [0.29, 0.717) is 5.69 Å². The molecular weight excluding hydrogens is 356 g/mol. The Labute approximate surface area is 143 Å². The molecule has 0 bridgehead atoms. The molecule has 2 aromatic rings. The van der Waals surface area contributed by atoms with E-state index in [1.165, 1.54) is 4.90 Å². The highest BCUT2D eigenvalue weighted by Crippen LogP contribution is 2.27. The molecule has 1 saturated heterocycles. The van der Waals surface area contributed by atoms with Gasteiger partial charge in [-0.1, -0.05) is 41.1 Å². The van der Waals surface area contributed by atoms with Crippen LogP contribution in [0.5, 0.6) is 0 Å². The summed E-state index contributed by atoms with van der Waals surface area (Å²) in [5.74, 6) is -0.382. The maximum absolute atomic E-state index is 12.6. The van der Waals surface area contributed by atoms with Gasteiger partial charge in [0.05, 0.1) is 12.1 Å². The van der Waals surface area contributed by atoms with Gasteiger partial charge in [-0.25, -0.2) is 4.90 Å². The molecular formula is C18H17BrN2O2. The number of amides is 2. The Morgan fingerprint density at radius 1 is 1.13 bits per heavy atom. The SMILES string of the molecule is CCc1ccccc1NC1CC(=O)N(c2ccc(Br)cc2)C1=O. The molecule has 1 aliphatic rings. The lowest BCUT2D eigenvalue weighted by atomic mass is 10.1. The molecule has 1 heterocycles. The summed E-state index contributed by atoms with van der Waals surface area (Å²) >= 11 is 3.36. The fourth-order valence-corrected chi connectivity index (χ4v) is 3.03. The van der Waals surface area contributed by atoms with E-state index in [1.807, 2.05) is 36.4 Å². The first-order chi connectivity index (χ1) is 11.1. The number of hydrogen-bond donors (Lipinski definition) is 1. The number of aryl methyl sites for hydroxylation is 1. The summed E-state index contributed by atoms with van der Waals surface area (Å²) in [6, 6.07) is 14.5. The fourth-order valence-electron chi connectivity index (χ4n) is 2.76. The van der Waals surface area contributed by atoms with Crippen molar-refractivity contribution in [2.24, 2.45) is 0 Å². The Morgan fingerprint density at radius 3 is 2.52 bits per heavy atom. The Bertz CT molecular complexity index is 743. The molecule has 1 fully saturated rings. The van der Waals surface area contributed by atoms with Gasteiger partial charge >= 0.3 is 0 Å². The van der Waals surface area contributed by atoms with E-state index in [1.54, 1.807) is 12.1 Å². The predicted octanol–water partition coefficient (Wildman–Crippen LogP) is 3.76. The van der Waals surface area contributed by atoms with Crippen LogP contribution in [-0.2, 0) is 16.0 Å². The monoisotopic (exact) mass is 372 g/mol. The number of para-hydroxylation sites is 1. The van der Waals surface area contributed by atoms with Gasteiger partial charge in [0.2, 0.25) is 5.91 Å². The summed E-state index contributed by atoms with van der Waals surface area (Å²) in [5.41, 5.74) is 2.66. The zero-order valence-corrected chi connectivity index (χ0v) is 14.3. The van der Waals surface area contributed by atoms with Crippen molar-refractivity contribution < 1.29 is 9.59 Å². The first-order valence-electron chi connectivity index (χ1n) is 7.57. The van der Waals surface area contributed by atoms with Crippen molar-refractivity contribution in [1.29, 1.82) is 0 Å². The van der Waals surface area contributed by atoms with Gasteiger partial charge in [0.1, 0.15) is 6.04 Å². The van der Waals surface area contributed by atoms with Gasteiger partial charge in [-0.05, 0) is 42.3 Å². The maximum Gasteiger partial charge on any atom is 0.256 e. The zero-order valence-electron chi connectivity index (χ0n) is 12.8. The minimum atomic E-state index is -0.515. The number of nitrogens with zero attached hydrogens (tertiary/aromatic N) is 1. The number of nitrogens with one attached hydrogen (secondary N) is 1. The van der Waals surface area contributed by atoms with Crippen LogP contribution in [0.1, 0.15) is 18.9 Å². The van der Waals surface area contributed by atoms with Crippen LogP contribution < -0.4 is 10.2 Å². The summed E-state index contributed by atoms with van der Waals surface area (Å²) in [4.78, 5) is 26.2. The summed E-state index contributed by atoms with van der Waals surface area (Å²) in [7, 11) is 0. The molecule has 0 saturated carbocycles. The molecule has 0 radical (unpaired) electrons. The van der Waals surface area contributed by atoms with E-state index >= 15 is 0 Å². The van der Waals surface area contributed by atoms with E-state index < -0.39 is 6.04 Å². The number of carbonyl (C=O) groups is 2. The second-order valence-corrected chi connectivity index (χ2v) is 6.37. The molecule has 2 amide bonds. The van der Waals surface area contributed by atoms with Gasteiger partial charge in [0, 0.05) is 10.2 Å². The fraction of sp³-hybridized carbons (Fsp3) is 0.222. The van der Waals surface area contributed by atoms with Crippen LogP contribution in [0.2, 0.25) is 0 Å². The molecule has 4 nitrogen and oxygen atoms in total. The standard InChI is InChI=1S/C18H17BrN2O2/c1-2-12-5-3-4-6-15(12)20-16-11-17(22)21(18(16)23)14-9-7-13(19)8-10-14/h3-10,16,20H,2,11H2,1H3. The topological polar surface area (TPSA) is 49.4 Å². The maximum atomic E-state index is 12.6. The number of halogens is 1. The number of benzene rings is 2. The van der Waals surface area contributed by atoms with Crippen LogP contribution in [-0.4, -0.2) is 17.9 Å². The second-order valence-electron chi connectivity index (χ2n) is 5.46. The van der Waals surface area contributed by atoms with Gasteiger partial charge < -0.3 is 5.32 Å². The number of rotatable bonds is 4. The van der Waals surface area contributed by atoms with Crippen molar-refractivity contribution in [2.75, 3.05) is 10.2 Å². The summed E-state index contributed by atoms with van der Waals surface area (Å²) < 4.78 is 0.909. The molecule has 1 unspecified atom stereocenters. The number of imide groups is 1. The Kier molecular flexibility index (Phi) is 4.48. The predicted molar refractivity (Wildman–Crippen MR) is 94.5 cm³/mol. The average Bonchev–Trinajstić information content (AvgIpc) is 2.83. The van der Waals surface area contributed by atoms with Gasteiger partial charge in [-0.15, -0.1) is 0 Å². The zero-order chi connectivity index (χ0) is 16.4. The summed E-state index contributed by atoms with van der Waals surface area (Å²) in [6.45, 7) is 2.07. The van der Waals surface area contributed by atoms with Crippen LogP contribution >= 0.6 is 15.9 Å². The van der Waals surface area contributed by atoms with Crippen LogP contribution in [0, 0.1) is 0 Å². The van der Waals surface area contributed by atoms with Crippen LogP contribution in [0.4, 0.5) is 11.4 Å². The molecule has 1 atom stereocenters. The lowest BCUT2D eigenvalue weighted by Crippen LogP contribution is -2.34. The quantitative estimate of drug-likeness (QED) is 0.831. The average molecular weight is 373 g/mol. The van der Waals surface area contributed by atoms with E-state index in [0.717, 1.165) is 22.1 Å².